The number of hydrogen-bond donors (Lipinski definition) is 0. The molecule has 0 aliphatic rings. The molecule has 0 bridgehead atoms. The number of nitrogens with zero attached hydrogens (tertiary/aromatic N) is 3. The standard InChI is InChI=1S/C17H13N3O2/c18-11-14-8-4-5-9-15(14)21-12-17-20-19-16(22-17)10-13-6-2-1-3-7-13/h1-9H,10,12H2. The topological polar surface area (TPSA) is 71.9 Å². The molecular weight excluding hydrogens is 278 g/mol. The third-order valence-electron chi connectivity index (χ3n) is 3.07. The fourth-order valence-corrected chi connectivity index (χ4v) is 2.01. The van der Waals surface area contributed by atoms with Gasteiger partial charge < -0.3 is 9.15 Å². The van der Waals surface area contributed by atoms with E-state index in [-0.39, 0.29) is 6.61 Å². The molecule has 0 fully saturated rings. The van der Waals surface area contributed by atoms with Gasteiger partial charge in [-0.05, 0) is 17.7 Å². The van der Waals surface area contributed by atoms with Crippen LogP contribution in [-0.4, -0.2) is 10.2 Å². The van der Waals surface area contributed by atoms with Gasteiger partial charge in [0.1, 0.15) is 11.8 Å². The molecule has 0 aliphatic heterocycles. The van der Waals surface area contributed by atoms with Crippen molar-refractivity contribution in [2.45, 2.75) is 13.0 Å². The van der Waals surface area contributed by atoms with Gasteiger partial charge >= 0.3 is 0 Å². The van der Waals surface area contributed by atoms with Crippen molar-refractivity contribution in [2.75, 3.05) is 0 Å². The number of aromatic nitrogens is 2. The number of ether oxygens (including phenoxy) is 1. The fourth-order valence-electron chi connectivity index (χ4n) is 2.01. The second-order valence-corrected chi connectivity index (χ2v) is 4.65. The van der Waals surface area contributed by atoms with Crippen molar-refractivity contribution in [1.82, 2.24) is 10.2 Å². The first-order valence-electron chi connectivity index (χ1n) is 6.82. The monoisotopic (exact) mass is 291 g/mol. The van der Waals surface area contributed by atoms with E-state index in [0.29, 0.717) is 29.5 Å². The molecule has 0 atom stereocenters. The van der Waals surface area contributed by atoms with Crippen molar-refractivity contribution < 1.29 is 9.15 Å². The highest BCUT2D eigenvalue weighted by Crippen LogP contribution is 2.18. The molecule has 0 saturated heterocycles. The van der Waals surface area contributed by atoms with Gasteiger partial charge in [-0.25, -0.2) is 0 Å². The molecular formula is C17H13N3O2. The van der Waals surface area contributed by atoms with Crippen LogP contribution in [0.4, 0.5) is 0 Å². The van der Waals surface area contributed by atoms with E-state index in [1.165, 1.54) is 0 Å². The quantitative estimate of drug-likeness (QED) is 0.722. The van der Waals surface area contributed by atoms with Crippen molar-refractivity contribution in [3.63, 3.8) is 0 Å². The lowest BCUT2D eigenvalue weighted by Crippen LogP contribution is -1.97. The number of para-hydroxylation sites is 1. The van der Waals surface area contributed by atoms with Crippen molar-refractivity contribution in [3.05, 3.63) is 77.5 Å². The summed E-state index contributed by atoms with van der Waals surface area (Å²) in [7, 11) is 0. The predicted octanol–water partition coefficient (Wildman–Crippen LogP) is 3.11. The van der Waals surface area contributed by atoms with E-state index in [0.717, 1.165) is 5.56 Å². The average Bonchev–Trinajstić information content (AvgIpc) is 3.01. The van der Waals surface area contributed by atoms with E-state index >= 15 is 0 Å². The van der Waals surface area contributed by atoms with E-state index in [1.54, 1.807) is 18.2 Å². The molecule has 22 heavy (non-hydrogen) atoms. The van der Waals surface area contributed by atoms with Crippen LogP contribution in [0, 0.1) is 11.3 Å². The molecule has 5 heteroatoms. The first kappa shape index (κ1) is 13.8. The largest absolute Gasteiger partial charge is 0.482 e. The van der Waals surface area contributed by atoms with Crippen LogP contribution in [0.5, 0.6) is 5.75 Å². The molecule has 0 unspecified atom stereocenters. The SMILES string of the molecule is N#Cc1ccccc1OCc1nnc(Cc2ccccc2)o1. The maximum atomic E-state index is 9.00. The number of hydrogen-bond acceptors (Lipinski definition) is 5. The molecule has 3 aromatic rings. The van der Waals surface area contributed by atoms with Crippen LogP contribution < -0.4 is 4.74 Å². The lowest BCUT2D eigenvalue weighted by molar-refractivity contribution is 0.259. The first-order chi connectivity index (χ1) is 10.8. The van der Waals surface area contributed by atoms with Gasteiger partial charge in [0.25, 0.3) is 5.89 Å². The Hall–Kier alpha value is -3.13. The van der Waals surface area contributed by atoms with Gasteiger partial charge in [0.15, 0.2) is 6.61 Å². The molecule has 108 valence electrons. The van der Waals surface area contributed by atoms with Crippen LogP contribution in [0.2, 0.25) is 0 Å². The van der Waals surface area contributed by atoms with Crippen molar-refractivity contribution in [1.29, 1.82) is 5.26 Å². The normalized spacial score (nSPS) is 10.1. The second kappa shape index (κ2) is 6.55. The van der Waals surface area contributed by atoms with E-state index in [9.17, 15) is 0 Å². The van der Waals surface area contributed by atoms with Crippen molar-refractivity contribution >= 4 is 0 Å². The summed E-state index contributed by atoms with van der Waals surface area (Å²) in [6, 6.07) is 19.0. The third-order valence-corrected chi connectivity index (χ3v) is 3.07. The molecule has 0 N–H and O–H groups in total. The predicted molar refractivity (Wildman–Crippen MR) is 79.0 cm³/mol. The molecule has 1 aromatic heterocycles. The summed E-state index contributed by atoms with van der Waals surface area (Å²) in [4.78, 5) is 0. The molecule has 1 heterocycles. The summed E-state index contributed by atoms with van der Waals surface area (Å²) in [5, 5.41) is 17.0. The lowest BCUT2D eigenvalue weighted by atomic mass is 10.2. The summed E-state index contributed by atoms with van der Waals surface area (Å²) in [5.74, 6) is 1.44. The van der Waals surface area contributed by atoms with Crippen LogP contribution >= 0.6 is 0 Å². The van der Waals surface area contributed by atoms with E-state index in [1.807, 2.05) is 36.4 Å². The average molecular weight is 291 g/mol. The Bertz CT molecular complexity index is 791. The third kappa shape index (κ3) is 3.30. The molecule has 0 radical (unpaired) electrons. The summed E-state index contributed by atoms with van der Waals surface area (Å²) in [5.41, 5.74) is 1.58. The Morgan fingerprint density at radius 1 is 0.955 bits per heavy atom. The molecule has 5 nitrogen and oxygen atoms in total. The van der Waals surface area contributed by atoms with E-state index in [2.05, 4.69) is 16.3 Å². The van der Waals surface area contributed by atoms with Gasteiger partial charge in [-0.1, -0.05) is 42.5 Å². The Balaban J connectivity index is 1.64. The van der Waals surface area contributed by atoms with Gasteiger partial charge in [-0.2, -0.15) is 5.26 Å². The molecule has 0 amide bonds. The molecule has 0 spiro atoms. The minimum Gasteiger partial charge on any atom is -0.482 e. The summed E-state index contributed by atoms with van der Waals surface area (Å²) < 4.78 is 11.1. The van der Waals surface area contributed by atoms with Gasteiger partial charge in [0.2, 0.25) is 5.89 Å². The second-order valence-electron chi connectivity index (χ2n) is 4.65. The Kier molecular flexibility index (Phi) is 4.12. The molecule has 2 aromatic carbocycles. The highest BCUT2D eigenvalue weighted by Gasteiger charge is 2.09. The maximum absolute atomic E-state index is 9.00. The molecule has 0 saturated carbocycles. The van der Waals surface area contributed by atoms with Crippen molar-refractivity contribution in [3.8, 4) is 11.8 Å². The van der Waals surface area contributed by atoms with E-state index in [4.69, 9.17) is 14.4 Å². The number of rotatable bonds is 5. The number of nitriles is 1. The highest BCUT2D eigenvalue weighted by atomic mass is 16.5. The zero-order chi connectivity index (χ0) is 15.2. The van der Waals surface area contributed by atoms with Gasteiger partial charge in [0.05, 0.1) is 12.0 Å². The summed E-state index contributed by atoms with van der Waals surface area (Å²) in [6.45, 7) is 0.139. The molecule has 0 aliphatic carbocycles. The van der Waals surface area contributed by atoms with Crippen LogP contribution in [-0.2, 0) is 13.0 Å². The minimum atomic E-state index is 0.139. The van der Waals surface area contributed by atoms with Gasteiger partial charge in [0, 0.05) is 0 Å². The van der Waals surface area contributed by atoms with Crippen LogP contribution in [0.1, 0.15) is 22.9 Å². The number of benzene rings is 2. The lowest BCUT2D eigenvalue weighted by Gasteiger charge is -2.04. The summed E-state index contributed by atoms with van der Waals surface area (Å²) >= 11 is 0. The highest BCUT2D eigenvalue weighted by molar-refractivity contribution is 5.42. The zero-order valence-corrected chi connectivity index (χ0v) is 11.8. The molecule has 3 rings (SSSR count). The maximum Gasteiger partial charge on any atom is 0.253 e. The van der Waals surface area contributed by atoms with Crippen molar-refractivity contribution in [2.24, 2.45) is 0 Å². The Labute approximate surface area is 127 Å². The van der Waals surface area contributed by atoms with Gasteiger partial charge in [-0.3, -0.25) is 0 Å². The van der Waals surface area contributed by atoms with Gasteiger partial charge in [-0.15, -0.1) is 10.2 Å². The first-order valence-corrected chi connectivity index (χ1v) is 6.82. The summed E-state index contributed by atoms with van der Waals surface area (Å²) in [6.07, 6.45) is 0.586. The zero-order valence-electron chi connectivity index (χ0n) is 11.8. The smallest absolute Gasteiger partial charge is 0.253 e. The van der Waals surface area contributed by atoms with Crippen LogP contribution in [0.15, 0.2) is 59.0 Å². The van der Waals surface area contributed by atoms with E-state index < -0.39 is 0 Å². The Morgan fingerprint density at radius 2 is 1.68 bits per heavy atom. The fraction of sp³-hybridized carbons (Fsp3) is 0.118. The Morgan fingerprint density at radius 3 is 2.50 bits per heavy atom. The van der Waals surface area contributed by atoms with Crippen LogP contribution in [0.3, 0.4) is 0 Å². The minimum absolute atomic E-state index is 0.139. The van der Waals surface area contributed by atoms with Crippen LogP contribution in [0.25, 0.3) is 0 Å².